The molecule has 1 aromatic heterocycles. The van der Waals surface area contributed by atoms with Gasteiger partial charge >= 0.3 is 0 Å². The first-order chi connectivity index (χ1) is 15.1. The van der Waals surface area contributed by atoms with E-state index in [-0.39, 0.29) is 5.91 Å². The molecule has 0 radical (unpaired) electrons. The van der Waals surface area contributed by atoms with Crippen molar-refractivity contribution in [2.24, 2.45) is 4.99 Å². The number of aryl methyl sites for hydroxylation is 1. The van der Waals surface area contributed by atoms with Gasteiger partial charge in [-0.1, -0.05) is 32.4 Å². The molecule has 0 bridgehead atoms. The number of aliphatic imine (C=N–C) groups is 1. The fraction of sp³-hybridized carbons (Fsp3) is 0.545. The van der Waals surface area contributed by atoms with E-state index in [2.05, 4.69) is 48.6 Å². The Morgan fingerprint density at radius 2 is 1.87 bits per heavy atom. The second-order valence-corrected chi connectivity index (χ2v) is 8.26. The third kappa shape index (κ3) is 6.40. The number of rotatable bonds is 8. The summed E-state index contributed by atoms with van der Waals surface area (Å²) in [6.07, 6.45) is 2.95. The predicted molar refractivity (Wildman–Crippen MR) is 127 cm³/mol. The van der Waals surface area contributed by atoms with Gasteiger partial charge in [0.2, 0.25) is 5.13 Å². The van der Waals surface area contributed by atoms with Crippen molar-refractivity contribution in [2.45, 2.75) is 39.7 Å². The van der Waals surface area contributed by atoms with Crippen LogP contribution in [0.1, 0.15) is 48.4 Å². The van der Waals surface area contributed by atoms with E-state index in [0.717, 1.165) is 74.5 Å². The van der Waals surface area contributed by atoms with Crippen molar-refractivity contribution < 1.29 is 4.79 Å². The lowest BCUT2D eigenvalue weighted by Gasteiger charge is -2.36. The number of carbonyl (C=O) groups is 1. The summed E-state index contributed by atoms with van der Waals surface area (Å²) in [6, 6.07) is 7.75. The highest BCUT2D eigenvalue weighted by Crippen LogP contribution is 2.19. The summed E-state index contributed by atoms with van der Waals surface area (Å²) < 4.78 is 4.39. The Morgan fingerprint density at radius 1 is 1.13 bits per heavy atom. The minimum Gasteiger partial charge on any atom is -0.352 e. The molecule has 1 aromatic carbocycles. The molecule has 0 aliphatic carbocycles. The summed E-state index contributed by atoms with van der Waals surface area (Å²) >= 11 is 1.48. The monoisotopic (exact) mass is 443 g/mol. The van der Waals surface area contributed by atoms with Gasteiger partial charge in [0.25, 0.3) is 5.91 Å². The van der Waals surface area contributed by atoms with Crippen LogP contribution in [0.15, 0.2) is 29.3 Å². The third-order valence-corrected chi connectivity index (χ3v) is 6.13. The summed E-state index contributed by atoms with van der Waals surface area (Å²) in [5.74, 6) is 1.81. The number of nitrogens with zero attached hydrogens (tertiary/aromatic N) is 5. The molecule has 1 saturated heterocycles. The molecule has 168 valence electrons. The van der Waals surface area contributed by atoms with E-state index in [9.17, 15) is 4.79 Å². The Morgan fingerprint density at radius 3 is 2.48 bits per heavy atom. The number of benzene rings is 1. The maximum absolute atomic E-state index is 12.1. The van der Waals surface area contributed by atoms with E-state index < -0.39 is 0 Å². The molecular weight excluding hydrogens is 410 g/mol. The minimum atomic E-state index is -0.0110. The molecule has 2 aromatic rings. The molecule has 3 rings (SSSR count). The molecule has 8 nitrogen and oxygen atoms in total. The number of anilines is 1. The van der Waals surface area contributed by atoms with Gasteiger partial charge in [-0.15, -0.1) is 0 Å². The molecule has 9 heteroatoms. The second kappa shape index (κ2) is 11.6. The zero-order valence-corrected chi connectivity index (χ0v) is 19.5. The van der Waals surface area contributed by atoms with Crippen LogP contribution < -0.4 is 15.5 Å². The normalized spacial score (nSPS) is 14.6. The number of nitrogens with one attached hydrogen (secondary N) is 2. The summed E-state index contributed by atoms with van der Waals surface area (Å²) in [6.45, 7) is 9.16. The van der Waals surface area contributed by atoms with Gasteiger partial charge < -0.3 is 20.4 Å². The Bertz CT molecular complexity index is 857. The van der Waals surface area contributed by atoms with Crippen LogP contribution >= 0.6 is 11.5 Å². The minimum absolute atomic E-state index is 0.0110. The highest BCUT2D eigenvalue weighted by atomic mass is 32.1. The van der Waals surface area contributed by atoms with Crippen molar-refractivity contribution in [3.05, 3.63) is 41.2 Å². The van der Waals surface area contributed by atoms with Crippen molar-refractivity contribution >= 4 is 28.5 Å². The summed E-state index contributed by atoms with van der Waals surface area (Å²) in [7, 11) is 1.82. The largest absolute Gasteiger partial charge is 0.352 e. The molecular formula is C22H33N7OS. The smallest absolute Gasteiger partial charge is 0.251 e. The van der Waals surface area contributed by atoms with Crippen LogP contribution in [0.2, 0.25) is 0 Å². The Balaban J connectivity index is 1.47. The van der Waals surface area contributed by atoms with Crippen LogP contribution in [0.4, 0.5) is 5.13 Å². The molecule has 2 N–H and O–H groups in total. The maximum atomic E-state index is 12.1. The molecule has 0 atom stereocenters. The average molecular weight is 444 g/mol. The molecule has 31 heavy (non-hydrogen) atoms. The number of amides is 1. The van der Waals surface area contributed by atoms with Gasteiger partial charge in [0.1, 0.15) is 5.82 Å². The van der Waals surface area contributed by atoms with Gasteiger partial charge in [0.05, 0.1) is 0 Å². The van der Waals surface area contributed by atoms with E-state index in [0.29, 0.717) is 12.1 Å². The number of piperazine rings is 1. The summed E-state index contributed by atoms with van der Waals surface area (Å²) in [5, 5.41) is 7.41. The first kappa shape index (κ1) is 23.0. The van der Waals surface area contributed by atoms with Crippen molar-refractivity contribution in [1.29, 1.82) is 0 Å². The standard InChI is InChI=1S/C22H33N7OS/c1-4-6-11-24-20(30)18-9-7-17(8-10-18)16-25-21(23-3)28-12-14-29(15-13-28)22-26-19(5-2)27-31-22/h7-10H,4-6,11-16H2,1-3H3,(H,23,25)(H,24,30). The molecule has 1 aliphatic heterocycles. The number of hydrogen-bond donors (Lipinski definition) is 2. The van der Waals surface area contributed by atoms with Crippen LogP contribution in [0, 0.1) is 0 Å². The number of unbranched alkanes of at least 4 members (excludes halogenated alkanes) is 1. The van der Waals surface area contributed by atoms with Gasteiger partial charge in [-0.05, 0) is 24.1 Å². The molecule has 0 spiro atoms. The zero-order valence-electron chi connectivity index (χ0n) is 18.7. The first-order valence-corrected chi connectivity index (χ1v) is 11.8. The van der Waals surface area contributed by atoms with Crippen LogP contribution in [0.5, 0.6) is 0 Å². The topological polar surface area (TPSA) is 85.8 Å². The van der Waals surface area contributed by atoms with Gasteiger partial charge in [-0.25, -0.2) is 4.98 Å². The van der Waals surface area contributed by atoms with Crippen LogP contribution in [-0.2, 0) is 13.0 Å². The fourth-order valence-corrected chi connectivity index (χ4v) is 4.20. The molecule has 1 aliphatic rings. The highest BCUT2D eigenvalue weighted by molar-refractivity contribution is 7.09. The maximum Gasteiger partial charge on any atom is 0.251 e. The van der Waals surface area contributed by atoms with Crippen LogP contribution in [0.25, 0.3) is 0 Å². The van der Waals surface area contributed by atoms with Crippen molar-refractivity contribution in [1.82, 2.24) is 24.9 Å². The summed E-state index contributed by atoms with van der Waals surface area (Å²) in [5.41, 5.74) is 1.81. The zero-order chi connectivity index (χ0) is 22.1. The number of carbonyl (C=O) groups excluding carboxylic acids is 1. The SMILES string of the molecule is CCCCNC(=O)c1ccc(CNC(=NC)N2CCN(c3nc(CC)ns3)CC2)cc1. The summed E-state index contributed by atoms with van der Waals surface area (Å²) in [4.78, 5) is 25.8. The number of aromatic nitrogens is 2. The number of guanidine groups is 1. The van der Waals surface area contributed by atoms with Crippen molar-refractivity contribution in [3.8, 4) is 0 Å². The van der Waals surface area contributed by atoms with Gasteiger partial charge in [-0.2, -0.15) is 4.37 Å². The van der Waals surface area contributed by atoms with E-state index in [1.165, 1.54) is 11.5 Å². The van der Waals surface area contributed by atoms with Crippen LogP contribution in [-0.4, -0.2) is 65.9 Å². The van der Waals surface area contributed by atoms with E-state index in [1.54, 1.807) is 0 Å². The lowest BCUT2D eigenvalue weighted by Crippen LogP contribution is -2.52. The lowest BCUT2D eigenvalue weighted by molar-refractivity contribution is 0.0953. The first-order valence-electron chi connectivity index (χ1n) is 11.0. The molecule has 2 heterocycles. The number of hydrogen-bond acceptors (Lipinski definition) is 6. The predicted octanol–water partition coefficient (Wildman–Crippen LogP) is 2.53. The molecule has 1 fully saturated rings. The van der Waals surface area contributed by atoms with Gasteiger partial charge in [0, 0.05) is 69.8 Å². The van der Waals surface area contributed by atoms with E-state index in [1.807, 2.05) is 31.3 Å². The Kier molecular flexibility index (Phi) is 8.63. The molecule has 1 amide bonds. The molecule has 0 saturated carbocycles. The Labute approximate surface area is 188 Å². The molecule has 0 unspecified atom stereocenters. The van der Waals surface area contributed by atoms with Crippen LogP contribution in [0.3, 0.4) is 0 Å². The quantitative estimate of drug-likeness (QED) is 0.370. The van der Waals surface area contributed by atoms with E-state index in [4.69, 9.17) is 0 Å². The average Bonchev–Trinajstić information content (AvgIpc) is 3.30. The van der Waals surface area contributed by atoms with Crippen molar-refractivity contribution in [3.63, 3.8) is 0 Å². The lowest BCUT2D eigenvalue weighted by atomic mass is 10.1. The fourth-order valence-electron chi connectivity index (χ4n) is 3.39. The van der Waals surface area contributed by atoms with E-state index >= 15 is 0 Å². The van der Waals surface area contributed by atoms with Crippen molar-refractivity contribution in [2.75, 3.05) is 44.7 Å². The second-order valence-electron chi connectivity index (χ2n) is 7.53. The highest BCUT2D eigenvalue weighted by Gasteiger charge is 2.22. The third-order valence-electron chi connectivity index (χ3n) is 5.32. The Hall–Kier alpha value is -2.68. The van der Waals surface area contributed by atoms with Gasteiger partial charge in [0.15, 0.2) is 5.96 Å². The van der Waals surface area contributed by atoms with Gasteiger partial charge in [-0.3, -0.25) is 9.79 Å².